The van der Waals surface area contributed by atoms with Crippen LogP contribution in [0.3, 0.4) is 0 Å². The zero-order valence-electron chi connectivity index (χ0n) is 12.9. The van der Waals surface area contributed by atoms with Gasteiger partial charge in [0, 0.05) is 23.0 Å². The molecule has 0 aliphatic heterocycles. The third-order valence-electron chi connectivity index (χ3n) is 3.72. The molecule has 2 atom stereocenters. The number of carbonyl (C=O) groups excluding carboxylic acids is 1. The van der Waals surface area contributed by atoms with Gasteiger partial charge in [0.15, 0.2) is 6.10 Å². The quantitative estimate of drug-likeness (QED) is 0.755. The number of fused-ring (bicyclic) bond motifs is 1. The summed E-state index contributed by atoms with van der Waals surface area (Å²) in [7, 11) is 0. The van der Waals surface area contributed by atoms with Crippen LogP contribution in [0.15, 0.2) is 30.5 Å². The number of amides is 1. The number of thiocarbonyl (C=S) groups is 1. The number of nitrogens with one attached hydrogen (secondary N) is 1. The van der Waals surface area contributed by atoms with E-state index in [-0.39, 0.29) is 16.3 Å². The van der Waals surface area contributed by atoms with Crippen molar-refractivity contribution < 1.29 is 9.53 Å². The molecule has 0 radical (unpaired) electrons. The van der Waals surface area contributed by atoms with Crippen molar-refractivity contribution in [1.29, 1.82) is 0 Å². The van der Waals surface area contributed by atoms with E-state index in [9.17, 15) is 4.79 Å². The number of hydrogen-bond acceptors (Lipinski definition) is 3. The van der Waals surface area contributed by atoms with Crippen LogP contribution in [0, 0.1) is 5.41 Å². The lowest BCUT2D eigenvalue weighted by Gasteiger charge is -2.35. The van der Waals surface area contributed by atoms with Crippen LogP contribution in [0.1, 0.15) is 32.3 Å². The smallest absolute Gasteiger partial charge is 0.405 e. The Morgan fingerprint density at radius 1 is 1.27 bits per heavy atom. The average Bonchev–Trinajstić information content (AvgIpc) is 2.80. The molecule has 5 nitrogen and oxygen atoms in total. The van der Waals surface area contributed by atoms with Crippen molar-refractivity contribution in [1.82, 2.24) is 4.98 Å². The van der Waals surface area contributed by atoms with Gasteiger partial charge in [-0.3, -0.25) is 0 Å². The Morgan fingerprint density at radius 3 is 2.45 bits per heavy atom. The summed E-state index contributed by atoms with van der Waals surface area (Å²) in [6, 6.07) is 7.92. The number of carbonyl (C=O) groups is 1. The van der Waals surface area contributed by atoms with Gasteiger partial charge in [-0.05, 0) is 17.0 Å². The number of benzene rings is 1. The van der Waals surface area contributed by atoms with Crippen molar-refractivity contribution in [3.05, 3.63) is 36.0 Å². The molecule has 0 fully saturated rings. The zero-order chi connectivity index (χ0) is 16.5. The Hall–Kier alpha value is -2.08. The Kier molecular flexibility index (Phi) is 4.42. The molecule has 118 valence electrons. The molecule has 0 spiro atoms. The SMILES string of the molecule is CC(C)(C)C(c1c[nH]c2ccccc12)[C@@H](OC(N)=O)C(N)=S. The topological polar surface area (TPSA) is 94.1 Å². The van der Waals surface area contributed by atoms with E-state index < -0.39 is 12.2 Å². The van der Waals surface area contributed by atoms with Crippen LogP contribution in [0.4, 0.5) is 4.79 Å². The maximum atomic E-state index is 11.3. The van der Waals surface area contributed by atoms with E-state index in [0.29, 0.717) is 0 Å². The van der Waals surface area contributed by atoms with E-state index in [1.807, 2.05) is 30.5 Å². The number of primary amides is 1. The van der Waals surface area contributed by atoms with E-state index in [4.69, 9.17) is 28.4 Å². The fourth-order valence-corrected chi connectivity index (χ4v) is 3.03. The van der Waals surface area contributed by atoms with Crippen molar-refractivity contribution in [3.8, 4) is 0 Å². The second-order valence-corrected chi connectivity index (χ2v) is 6.86. The van der Waals surface area contributed by atoms with Gasteiger partial charge in [-0.15, -0.1) is 0 Å². The minimum atomic E-state index is -0.883. The summed E-state index contributed by atoms with van der Waals surface area (Å²) < 4.78 is 5.23. The number of aromatic nitrogens is 1. The molecule has 5 N–H and O–H groups in total. The summed E-state index contributed by atoms with van der Waals surface area (Å²) >= 11 is 5.11. The molecule has 0 saturated heterocycles. The molecular formula is C16H21N3O2S. The third kappa shape index (κ3) is 3.22. The summed E-state index contributed by atoms with van der Waals surface area (Å²) in [5, 5.41) is 1.05. The second kappa shape index (κ2) is 5.96. The van der Waals surface area contributed by atoms with E-state index in [0.717, 1.165) is 16.5 Å². The minimum absolute atomic E-state index is 0.115. The Morgan fingerprint density at radius 2 is 1.91 bits per heavy atom. The number of nitrogens with two attached hydrogens (primary N) is 2. The second-order valence-electron chi connectivity index (χ2n) is 6.39. The number of rotatable bonds is 4. The van der Waals surface area contributed by atoms with Gasteiger partial charge in [0.1, 0.15) is 4.99 Å². The van der Waals surface area contributed by atoms with Crippen molar-refractivity contribution in [2.24, 2.45) is 16.9 Å². The van der Waals surface area contributed by atoms with Gasteiger partial charge in [-0.25, -0.2) is 4.79 Å². The van der Waals surface area contributed by atoms with Crippen molar-refractivity contribution in [2.75, 3.05) is 0 Å². The molecule has 6 heteroatoms. The first-order valence-corrected chi connectivity index (χ1v) is 7.44. The largest absolute Gasteiger partial charge is 0.438 e. The van der Waals surface area contributed by atoms with Gasteiger partial charge in [0.25, 0.3) is 0 Å². The van der Waals surface area contributed by atoms with Crippen LogP contribution in [-0.4, -0.2) is 22.2 Å². The fourth-order valence-electron chi connectivity index (χ4n) is 2.85. The highest BCUT2D eigenvalue weighted by Crippen LogP contribution is 2.42. The van der Waals surface area contributed by atoms with Gasteiger partial charge >= 0.3 is 6.09 Å². The first-order valence-electron chi connectivity index (χ1n) is 7.03. The van der Waals surface area contributed by atoms with Crippen LogP contribution >= 0.6 is 12.2 Å². The molecule has 1 unspecified atom stereocenters. The predicted octanol–water partition coefficient (Wildman–Crippen LogP) is 3.05. The molecule has 2 aromatic rings. The van der Waals surface area contributed by atoms with Crippen molar-refractivity contribution >= 4 is 34.2 Å². The van der Waals surface area contributed by atoms with Crippen LogP contribution < -0.4 is 11.5 Å². The lowest BCUT2D eigenvalue weighted by Crippen LogP contribution is -2.43. The number of hydrogen-bond donors (Lipinski definition) is 3. The predicted molar refractivity (Wildman–Crippen MR) is 91.7 cm³/mol. The first-order chi connectivity index (χ1) is 10.2. The Balaban J connectivity index is 2.59. The molecule has 0 aliphatic rings. The highest BCUT2D eigenvalue weighted by molar-refractivity contribution is 7.80. The van der Waals surface area contributed by atoms with E-state index in [2.05, 4.69) is 25.8 Å². The van der Waals surface area contributed by atoms with Gasteiger partial charge in [-0.1, -0.05) is 51.2 Å². The summed E-state index contributed by atoms with van der Waals surface area (Å²) in [6.07, 6.45) is 0.273. The molecule has 0 bridgehead atoms. The highest BCUT2D eigenvalue weighted by atomic mass is 32.1. The van der Waals surface area contributed by atoms with Crippen molar-refractivity contribution in [3.63, 3.8) is 0 Å². The van der Waals surface area contributed by atoms with Gasteiger partial charge < -0.3 is 21.2 Å². The maximum absolute atomic E-state index is 11.3. The Bertz CT molecular complexity index is 703. The molecule has 0 aliphatic carbocycles. The molecule has 1 aromatic carbocycles. The molecule has 0 saturated carbocycles. The average molecular weight is 319 g/mol. The molecule has 1 amide bonds. The van der Waals surface area contributed by atoms with Crippen LogP contribution in [0.25, 0.3) is 10.9 Å². The summed E-state index contributed by atoms with van der Waals surface area (Å²) in [5.41, 5.74) is 12.8. The van der Waals surface area contributed by atoms with Gasteiger partial charge in [0.2, 0.25) is 0 Å². The maximum Gasteiger partial charge on any atom is 0.405 e. The van der Waals surface area contributed by atoms with E-state index in [1.165, 1.54) is 0 Å². The van der Waals surface area contributed by atoms with Crippen molar-refractivity contribution in [2.45, 2.75) is 32.8 Å². The molecular weight excluding hydrogens is 298 g/mol. The Labute approximate surface area is 135 Å². The normalized spacial score (nSPS) is 14.5. The fraction of sp³-hybridized carbons (Fsp3) is 0.375. The summed E-state index contributed by atoms with van der Waals surface area (Å²) in [4.78, 5) is 14.6. The molecule has 22 heavy (non-hydrogen) atoms. The van der Waals surface area contributed by atoms with E-state index in [1.54, 1.807) is 0 Å². The number of aromatic amines is 1. The minimum Gasteiger partial charge on any atom is -0.438 e. The van der Waals surface area contributed by atoms with Crippen LogP contribution in [-0.2, 0) is 4.74 Å². The first kappa shape index (κ1) is 16.3. The standard InChI is InChI=1S/C16H21N3O2S/c1-16(2,3)12(13(14(17)22)21-15(18)20)10-8-19-11-7-5-4-6-9(10)11/h4-8,12-13,19H,1-3H3,(H2,17,22)(H2,18,20)/t12?,13-/m1/s1. The van der Waals surface area contributed by atoms with E-state index >= 15 is 0 Å². The molecule has 1 aromatic heterocycles. The lowest BCUT2D eigenvalue weighted by molar-refractivity contribution is 0.0972. The van der Waals surface area contributed by atoms with Gasteiger partial charge in [-0.2, -0.15) is 0 Å². The molecule has 2 rings (SSSR count). The number of para-hydroxylation sites is 1. The highest BCUT2D eigenvalue weighted by Gasteiger charge is 2.39. The third-order valence-corrected chi connectivity index (χ3v) is 3.95. The number of H-pyrrole nitrogens is 1. The monoisotopic (exact) mass is 319 g/mol. The van der Waals surface area contributed by atoms with Crippen LogP contribution in [0.5, 0.6) is 0 Å². The summed E-state index contributed by atoms with van der Waals surface area (Å²) in [6.45, 7) is 6.15. The molecule has 1 heterocycles. The zero-order valence-corrected chi connectivity index (χ0v) is 13.7. The number of ether oxygens (including phenoxy) is 1. The van der Waals surface area contributed by atoms with Crippen LogP contribution in [0.2, 0.25) is 0 Å². The van der Waals surface area contributed by atoms with Gasteiger partial charge in [0.05, 0.1) is 0 Å². The summed E-state index contributed by atoms with van der Waals surface area (Å²) in [5.74, 6) is -0.214. The lowest BCUT2D eigenvalue weighted by atomic mass is 9.73.